The van der Waals surface area contributed by atoms with Crippen LogP contribution in [0.1, 0.15) is 18.5 Å². The molecule has 1 fully saturated rings. The highest BCUT2D eigenvalue weighted by Crippen LogP contribution is 2.26. The molecular weight excluding hydrogens is 312 g/mol. The molecule has 0 spiro atoms. The number of ether oxygens (including phenoxy) is 1. The van der Waals surface area contributed by atoms with Crippen molar-refractivity contribution >= 4 is 10.8 Å². The summed E-state index contributed by atoms with van der Waals surface area (Å²) < 4.78 is 5.44. The molecule has 4 heteroatoms. The summed E-state index contributed by atoms with van der Waals surface area (Å²) in [6.45, 7) is 5.84. The number of nitrogens with zero attached hydrogens (tertiary/aromatic N) is 1. The van der Waals surface area contributed by atoms with Gasteiger partial charge in [0.15, 0.2) is 0 Å². The number of fused-ring (bicyclic) bond motifs is 1. The fourth-order valence-electron chi connectivity index (χ4n) is 3.49. The molecule has 0 saturated carbocycles. The van der Waals surface area contributed by atoms with Gasteiger partial charge in [0.1, 0.15) is 0 Å². The molecule has 1 saturated heterocycles. The molecule has 3 aromatic rings. The number of benzene rings is 2. The van der Waals surface area contributed by atoms with E-state index in [0.29, 0.717) is 6.04 Å². The summed E-state index contributed by atoms with van der Waals surface area (Å²) >= 11 is 0. The standard InChI is InChI=1S/C21H22N2O2/c1-15(23-10-12-25-13-11-23)16-2-4-17(5-3-16)19-7-6-18-8-9-22-21(24)20(18)14-19/h2-9,14-15H,10-13H2,1H3,(H,22,24). The van der Waals surface area contributed by atoms with Crippen LogP contribution in [-0.2, 0) is 4.74 Å². The number of rotatable bonds is 3. The highest BCUT2D eigenvalue weighted by Gasteiger charge is 2.18. The molecule has 25 heavy (non-hydrogen) atoms. The highest BCUT2D eigenvalue weighted by molar-refractivity contribution is 5.86. The number of nitrogens with one attached hydrogen (secondary N) is 1. The highest BCUT2D eigenvalue weighted by atomic mass is 16.5. The third-order valence-electron chi connectivity index (χ3n) is 5.10. The summed E-state index contributed by atoms with van der Waals surface area (Å²) in [4.78, 5) is 17.2. The number of morpholine rings is 1. The zero-order valence-electron chi connectivity index (χ0n) is 14.4. The molecule has 0 radical (unpaired) electrons. The number of pyridine rings is 1. The summed E-state index contributed by atoms with van der Waals surface area (Å²) in [6, 6.07) is 17.0. The maximum Gasteiger partial charge on any atom is 0.255 e. The zero-order valence-corrected chi connectivity index (χ0v) is 14.4. The average molecular weight is 334 g/mol. The summed E-state index contributed by atoms with van der Waals surface area (Å²) in [5, 5.41) is 1.69. The van der Waals surface area contributed by atoms with Gasteiger partial charge in [-0.15, -0.1) is 0 Å². The minimum Gasteiger partial charge on any atom is -0.379 e. The van der Waals surface area contributed by atoms with E-state index in [2.05, 4.69) is 47.1 Å². The Balaban J connectivity index is 1.61. The van der Waals surface area contributed by atoms with Gasteiger partial charge < -0.3 is 9.72 Å². The molecule has 4 rings (SSSR count). The monoisotopic (exact) mass is 334 g/mol. The second kappa shape index (κ2) is 6.82. The number of hydrogen-bond donors (Lipinski definition) is 1. The quantitative estimate of drug-likeness (QED) is 0.796. The van der Waals surface area contributed by atoms with Crippen molar-refractivity contribution in [3.63, 3.8) is 0 Å². The lowest BCUT2D eigenvalue weighted by molar-refractivity contribution is 0.0198. The first kappa shape index (κ1) is 16.1. The maximum absolute atomic E-state index is 12.0. The Morgan fingerprint density at radius 3 is 2.48 bits per heavy atom. The first-order valence-electron chi connectivity index (χ1n) is 8.76. The van der Waals surface area contributed by atoms with Crippen molar-refractivity contribution < 1.29 is 4.74 Å². The molecule has 0 aliphatic carbocycles. The summed E-state index contributed by atoms with van der Waals surface area (Å²) in [5.74, 6) is 0. The molecule has 128 valence electrons. The van der Waals surface area contributed by atoms with Crippen molar-refractivity contribution in [1.82, 2.24) is 9.88 Å². The van der Waals surface area contributed by atoms with Crippen LogP contribution >= 0.6 is 0 Å². The summed E-state index contributed by atoms with van der Waals surface area (Å²) in [7, 11) is 0. The maximum atomic E-state index is 12.0. The van der Waals surface area contributed by atoms with E-state index in [1.54, 1.807) is 6.20 Å². The Hall–Kier alpha value is -2.43. The van der Waals surface area contributed by atoms with Crippen molar-refractivity contribution in [3.05, 3.63) is 70.6 Å². The van der Waals surface area contributed by atoms with Crippen LogP contribution in [0, 0.1) is 0 Å². The van der Waals surface area contributed by atoms with Crippen LogP contribution in [0.2, 0.25) is 0 Å². The lowest BCUT2D eigenvalue weighted by Gasteiger charge is -2.32. The van der Waals surface area contributed by atoms with Gasteiger partial charge in [0.2, 0.25) is 0 Å². The molecule has 0 bridgehead atoms. The SMILES string of the molecule is CC(c1ccc(-c2ccc3cc[nH]c(=O)c3c2)cc1)N1CCOCC1. The van der Waals surface area contributed by atoms with Crippen LogP contribution in [0.4, 0.5) is 0 Å². The fraction of sp³-hybridized carbons (Fsp3) is 0.286. The van der Waals surface area contributed by atoms with Crippen molar-refractivity contribution in [2.45, 2.75) is 13.0 Å². The average Bonchev–Trinajstić information content (AvgIpc) is 2.68. The zero-order chi connectivity index (χ0) is 17.2. The van der Waals surface area contributed by atoms with Crippen LogP contribution in [0.15, 0.2) is 59.5 Å². The van der Waals surface area contributed by atoms with Crippen molar-refractivity contribution in [2.75, 3.05) is 26.3 Å². The van der Waals surface area contributed by atoms with Crippen molar-refractivity contribution in [1.29, 1.82) is 0 Å². The van der Waals surface area contributed by atoms with Gasteiger partial charge in [-0.3, -0.25) is 9.69 Å². The minimum absolute atomic E-state index is 0.0445. The Morgan fingerprint density at radius 1 is 1.00 bits per heavy atom. The predicted molar refractivity (Wildman–Crippen MR) is 101 cm³/mol. The minimum atomic E-state index is -0.0445. The van der Waals surface area contributed by atoms with E-state index in [1.807, 2.05) is 18.2 Å². The summed E-state index contributed by atoms with van der Waals surface area (Å²) in [6.07, 6.45) is 1.69. The van der Waals surface area contributed by atoms with E-state index in [-0.39, 0.29) is 5.56 Å². The van der Waals surface area contributed by atoms with E-state index in [9.17, 15) is 4.79 Å². The van der Waals surface area contributed by atoms with Gasteiger partial charge in [-0.2, -0.15) is 0 Å². The van der Waals surface area contributed by atoms with Gasteiger partial charge in [-0.1, -0.05) is 36.4 Å². The molecule has 1 atom stereocenters. The van der Waals surface area contributed by atoms with E-state index in [4.69, 9.17) is 4.74 Å². The molecular formula is C21H22N2O2. The van der Waals surface area contributed by atoms with Gasteiger partial charge in [-0.05, 0) is 41.1 Å². The van der Waals surface area contributed by atoms with Gasteiger partial charge in [0.05, 0.1) is 13.2 Å². The Labute approximate surface area is 147 Å². The second-order valence-corrected chi connectivity index (χ2v) is 6.56. The van der Waals surface area contributed by atoms with Gasteiger partial charge in [0, 0.05) is 30.7 Å². The van der Waals surface area contributed by atoms with E-state index < -0.39 is 0 Å². The number of hydrogen-bond acceptors (Lipinski definition) is 3. The van der Waals surface area contributed by atoms with E-state index in [0.717, 1.165) is 48.2 Å². The van der Waals surface area contributed by atoms with Crippen LogP contribution in [-0.4, -0.2) is 36.2 Å². The molecule has 1 aliphatic heterocycles. The largest absolute Gasteiger partial charge is 0.379 e. The third-order valence-corrected chi connectivity index (χ3v) is 5.10. The molecule has 1 N–H and O–H groups in total. The van der Waals surface area contributed by atoms with Crippen LogP contribution in [0.3, 0.4) is 0 Å². The summed E-state index contributed by atoms with van der Waals surface area (Å²) in [5.41, 5.74) is 3.46. The van der Waals surface area contributed by atoms with Gasteiger partial charge >= 0.3 is 0 Å². The second-order valence-electron chi connectivity index (χ2n) is 6.56. The molecule has 4 nitrogen and oxygen atoms in total. The van der Waals surface area contributed by atoms with Crippen LogP contribution in [0.5, 0.6) is 0 Å². The van der Waals surface area contributed by atoms with E-state index >= 15 is 0 Å². The predicted octanol–water partition coefficient (Wildman–Crippen LogP) is 3.59. The lowest BCUT2D eigenvalue weighted by Crippen LogP contribution is -2.37. The number of aromatic amines is 1. The topological polar surface area (TPSA) is 45.3 Å². The van der Waals surface area contributed by atoms with Crippen molar-refractivity contribution in [3.8, 4) is 11.1 Å². The smallest absolute Gasteiger partial charge is 0.255 e. The normalized spacial score (nSPS) is 16.8. The van der Waals surface area contributed by atoms with Crippen LogP contribution in [0.25, 0.3) is 21.9 Å². The first-order chi connectivity index (χ1) is 12.2. The Kier molecular flexibility index (Phi) is 4.38. The lowest BCUT2D eigenvalue weighted by atomic mass is 9.99. The Morgan fingerprint density at radius 2 is 1.72 bits per heavy atom. The molecule has 2 heterocycles. The molecule has 1 aliphatic rings. The van der Waals surface area contributed by atoms with Gasteiger partial charge in [0.25, 0.3) is 5.56 Å². The molecule has 1 unspecified atom stereocenters. The molecule has 1 aromatic heterocycles. The van der Waals surface area contributed by atoms with Crippen molar-refractivity contribution in [2.24, 2.45) is 0 Å². The first-order valence-corrected chi connectivity index (χ1v) is 8.76. The molecule has 0 amide bonds. The van der Waals surface area contributed by atoms with Gasteiger partial charge in [-0.25, -0.2) is 0 Å². The Bertz CT molecular complexity index is 925. The van der Waals surface area contributed by atoms with Crippen LogP contribution < -0.4 is 5.56 Å². The third kappa shape index (κ3) is 3.23. The number of aromatic nitrogens is 1. The van der Waals surface area contributed by atoms with E-state index in [1.165, 1.54) is 5.56 Å². The number of H-pyrrole nitrogens is 1. The molecule has 2 aromatic carbocycles. The fourth-order valence-corrected chi connectivity index (χ4v) is 3.49.